The highest BCUT2D eigenvalue weighted by Crippen LogP contribution is 2.52. The van der Waals surface area contributed by atoms with Gasteiger partial charge in [0.05, 0.1) is 12.3 Å². The Bertz CT molecular complexity index is 928. The lowest BCUT2D eigenvalue weighted by atomic mass is 9.98. The fourth-order valence-electron chi connectivity index (χ4n) is 2.79. The molecule has 2 unspecified atom stereocenters. The zero-order chi connectivity index (χ0) is 20.0. The van der Waals surface area contributed by atoms with Crippen molar-refractivity contribution in [3.63, 3.8) is 0 Å². The Hall–Kier alpha value is -1.43. The molecule has 3 heterocycles. The number of halogens is 1. The maximum absolute atomic E-state index is 14.7. The molecule has 2 aromatic heterocycles. The van der Waals surface area contributed by atoms with E-state index in [0.717, 1.165) is 0 Å². The van der Waals surface area contributed by atoms with Crippen molar-refractivity contribution in [1.82, 2.24) is 14.6 Å². The van der Waals surface area contributed by atoms with Crippen molar-refractivity contribution in [1.29, 1.82) is 0 Å². The number of nitrogens with two attached hydrogens (primary N) is 1. The van der Waals surface area contributed by atoms with Crippen LogP contribution in [0, 0.1) is 0 Å². The van der Waals surface area contributed by atoms with E-state index in [0.29, 0.717) is 5.52 Å². The Kier molecular flexibility index (Phi) is 5.41. The molecule has 27 heavy (non-hydrogen) atoms. The number of ether oxygens (including phenoxy) is 1. The maximum Gasteiger partial charge on any atom is 0.479 e. The van der Waals surface area contributed by atoms with Gasteiger partial charge in [0.1, 0.15) is 29.7 Å². The number of aliphatic hydroxyl groups excluding tert-OH is 1. The Morgan fingerprint density at radius 1 is 1.56 bits per heavy atom. The van der Waals surface area contributed by atoms with Gasteiger partial charge in [-0.25, -0.2) is 22.8 Å². The van der Waals surface area contributed by atoms with Crippen LogP contribution in [0.2, 0.25) is 0 Å². The van der Waals surface area contributed by atoms with Crippen LogP contribution in [-0.2, 0) is 22.7 Å². The Balaban J connectivity index is 1.83. The molecule has 12 nitrogen and oxygen atoms in total. The molecule has 150 valence electrons. The number of hydrogen-bond donors (Lipinski definition) is 4. The van der Waals surface area contributed by atoms with Crippen LogP contribution in [0.4, 0.5) is 10.2 Å². The number of rotatable bonds is 6. The van der Waals surface area contributed by atoms with Gasteiger partial charge in [0.2, 0.25) is 0 Å². The molecule has 1 aliphatic heterocycles. The molecule has 0 bridgehead atoms. The second-order valence-corrected chi connectivity index (χ2v) is 8.50. The average Bonchev–Trinajstić information content (AvgIpc) is 3.09. The number of aliphatic hydroxyl groups is 1. The van der Waals surface area contributed by atoms with Crippen LogP contribution < -0.4 is 5.73 Å². The third-order valence-electron chi connectivity index (χ3n) is 4.12. The number of alkyl halides is 1. The van der Waals surface area contributed by atoms with Gasteiger partial charge in [-0.15, -0.1) is 0 Å². The lowest BCUT2D eigenvalue weighted by Gasteiger charge is -2.27. The number of fused-ring (bicyclic) bond motifs is 1. The highest BCUT2D eigenvalue weighted by molar-refractivity contribution is 7.55. The minimum atomic E-state index is -4.89. The maximum atomic E-state index is 14.7. The summed E-state index contributed by atoms with van der Waals surface area (Å²) in [5.74, 6) is 0.161. The Morgan fingerprint density at radius 2 is 2.26 bits per heavy atom. The third kappa shape index (κ3) is 3.91. The fourth-order valence-corrected chi connectivity index (χ4v) is 4.21. The fraction of sp³-hybridized carbons (Fsp3) is 0.500. The SMILES string of the molecule is C[C@]1(COP(=O)(O)O[PH](=O)O)O[C@@H](c2ccc3c(N)ncnn23)[C@H](F)[C@@H]1O. The van der Waals surface area contributed by atoms with Gasteiger partial charge in [-0.3, -0.25) is 9.09 Å². The molecule has 1 saturated heterocycles. The van der Waals surface area contributed by atoms with Gasteiger partial charge < -0.3 is 25.4 Å². The van der Waals surface area contributed by atoms with Crippen LogP contribution in [0.15, 0.2) is 18.5 Å². The van der Waals surface area contributed by atoms with Crippen LogP contribution in [0.1, 0.15) is 18.7 Å². The monoisotopic (exact) mass is 426 g/mol. The molecule has 0 spiro atoms. The highest BCUT2D eigenvalue weighted by Gasteiger charge is 2.54. The van der Waals surface area contributed by atoms with Crippen molar-refractivity contribution in [2.75, 3.05) is 12.3 Å². The molecule has 1 fully saturated rings. The van der Waals surface area contributed by atoms with E-state index in [4.69, 9.17) is 15.4 Å². The first-order valence-corrected chi connectivity index (χ1v) is 10.3. The molecule has 1 aliphatic rings. The summed E-state index contributed by atoms with van der Waals surface area (Å²) in [6.07, 6.45) is -3.79. The summed E-state index contributed by atoms with van der Waals surface area (Å²) in [7, 11) is -8.64. The summed E-state index contributed by atoms with van der Waals surface area (Å²) in [5.41, 5.74) is 4.62. The molecule has 5 N–H and O–H groups in total. The van der Waals surface area contributed by atoms with Gasteiger partial charge in [0.25, 0.3) is 0 Å². The first kappa shape index (κ1) is 20.3. The summed E-state index contributed by atoms with van der Waals surface area (Å²) in [4.78, 5) is 21.7. The Morgan fingerprint density at radius 3 is 2.93 bits per heavy atom. The predicted octanol–water partition coefficient (Wildman–Crippen LogP) is 0.356. The standard InChI is InChI=1S/C12H17FN4O8P2/c1-12(4-23-27(21,22)25-26(19)20)10(18)8(13)9(24-12)6-2-3-7-11(14)15-5-16-17(6)7/h2-3,5,8-10,18,26H,4H2,1H3,(H,19,20)(H,21,22)(H2,14,15,16)/t8-,9-,10-,12+/m0/s1. The molecule has 3 rings (SSSR count). The molecule has 0 aromatic carbocycles. The van der Waals surface area contributed by atoms with Gasteiger partial charge in [-0.05, 0) is 19.1 Å². The molecule has 0 amide bonds. The first-order valence-electron chi connectivity index (χ1n) is 7.52. The van der Waals surface area contributed by atoms with E-state index in [1.54, 1.807) is 6.07 Å². The predicted molar refractivity (Wildman–Crippen MR) is 88.6 cm³/mol. The first-order chi connectivity index (χ1) is 12.5. The zero-order valence-corrected chi connectivity index (χ0v) is 15.7. The topological polar surface area (TPSA) is 179 Å². The molecule has 6 atom stereocenters. The number of nitrogen functional groups attached to an aromatic ring is 1. The molecule has 2 aromatic rings. The second kappa shape index (κ2) is 7.19. The van der Waals surface area contributed by atoms with Crippen molar-refractivity contribution in [2.24, 2.45) is 0 Å². The van der Waals surface area contributed by atoms with Crippen LogP contribution in [0.25, 0.3) is 5.52 Å². The number of aromatic nitrogens is 3. The number of nitrogens with zero attached hydrogens (tertiary/aromatic N) is 3. The van der Waals surface area contributed by atoms with Crippen molar-refractivity contribution in [3.8, 4) is 0 Å². The molecular formula is C12H17FN4O8P2. The number of anilines is 1. The number of hydrogen-bond acceptors (Lipinski definition) is 9. The van der Waals surface area contributed by atoms with E-state index in [2.05, 4.69) is 18.9 Å². The quantitative estimate of drug-likeness (QED) is 0.469. The van der Waals surface area contributed by atoms with Crippen LogP contribution >= 0.6 is 16.1 Å². The third-order valence-corrected chi connectivity index (χ3v) is 6.13. The molecule has 0 aliphatic carbocycles. The Labute approximate surface area is 152 Å². The smallest absolute Gasteiger partial charge is 0.387 e. The van der Waals surface area contributed by atoms with Crippen LogP contribution in [0.3, 0.4) is 0 Å². The van der Waals surface area contributed by atoms with E-state index in [-0.39, 0.29) is 11.5 Å². The molecule has 15 heteroatoms. The normalized spacial score (nSPS) is 31.8. The van der Waals surface area contributed by atoms with Gasteiger partial charge in [0, 0.05) is 0 Å². The minimum absolute atomic E-state index is 0.161. The van der Waals surface area contributed by atoms with Crippen molar-refractivity contribution >= 4 is 27.4 Å². The molecule has 0 radical (unpaired) electrons. The summed E-state index contributed by atoms with van der Waals surface area (Å²) in [5, 5.41) is 14.2. The van der Waals surface area contributed by atoms with E-state index >= 15 is 0 Å². The summed E-state index contributed by atoms with van der Waals surface area (Å²) < 4.78 is 52.2. The van der Waals surface area contributed by atoms with Gasteiger partial charge in [-0.2, -0.15) is 5.10 Å². The van der Waals surface area contributed by atoms with Crippen molar-refractivity contribution in [2.45, 2.75) is 30.9 Å². The minimum Gasteiger partial charge on any atom is -0.387 e. The summed E-state index contributed by atoms with van der Waals surface area (Å²) in [6, 6.07) is 3.04. The number of phosphoric acid groups is 1. The lowest BCUT2D eigenvalue weighted by molar-refractivity contribution is -0.0981. The zero-order valence-electron chi connectivity index (χ0n) is 13.8. The largest absolute Gasteiger partial charge is 0.479 e. The summed E-state index contributed by atoms with van der Waals surface area (Å²) >= 11 is 0. The van der Waals surface area contributed by atoms with E-state index < -0.39 is 46.7 Å². The van der Waals surface area contributed by atoms with Crippen molar-refractivity contribution < 1.29 is 42.0 Å². The van der Waals surface area contributed by atoms with E-state index in [1.807, 2.05) is 0 Å². The van der Waals surface area contributed by atoms with E-state index in [1.165, 1.54) is 23.8 Å². The van der Waals surface area contributed by atoms with Gasteiger partial charge in [-0.1, -0.05) is 0 Å². The van der Waals surface area contributed by atoms with Crippen LogP contribution in [0.5, 0.6) is 0 Å². The van der Waals surface area contributed by atoms with Gasteiger partial charge in [0.15, 0.2) is 12.0 Å². The number of phosphoric ester groups is 1. The molecule has 0 saturated carbocycles. The second-order valence-electron chi connectivity index (χ2n) is 6.04. The molecular weight excluding hydrogens is 409 g/mol. The van der Waals surface area contributed by atoms with E-state index in [9.17, 15) is 23.5 Å². The summed E-state index contributed by atoms with van der Waals surface area (Å²) in [6.45, 7) is 0.472. The van der Waals surface area contributed by atoms with Crippen LogP contribution in [-0.4, -0.2) is 54.0 Å². The van der Waals surface area contributed by atoms with Crippen molar-refractivity contribution in [3.05, 3.63) is 24.2 Å². The average molecular weight is 426 g/mol. The van der Waals surface area contributed by atoms with Gasteiger partial charge >= 0.3 is 16.1 Å². The highest BCUT2D eigenvalue weighted by atomic mass is 31.2. The lowest BCUT2D eigenvalue weighted by Crippen LogP contribution is -2.43.